The van der Waals surface area contributed by atoms with Crippen LogP contribution in [0.3, 0.4) is 0 Å². The molecule has 1 rings (SSSR count). The number of carbonyl (C=O) groups is 1. The maximum absolute atomic E-state index is 10.8. The van der Waals surface area contributed by atoms with E-state index in [4.69, 9.17) is 0 Å². The highest BCUT2D eigenvalue weighted by Crippen LogP contribution is 2.22. The lowest BCUT2D eigenvalue weighted by Gasteiger charge is -2.12. The fourth-order valence-electron chi connectivity index (χ4n) is 1.27. The highest BCUT2D eigenvalue weighted by atomic mass is 16.3. The quantitative estimate of drug-likeness (QED) is 0.656. The highest BCUT2D eigenvalue weighted by molar-refractivity contribution is 5.93. The Labute approximate surface area is 74.3 Å². The van der Waals surface area contributed by atoms with Gasteiger partial charge in [-0.3, -0.25) is 4.79 Å². The molecule has 0 radical (unpaired) electrons. The molecule has 0 fully saturated rings. The summed E-state index contributed by atoms with van der Waals surface area (Å²) in [6.07, 6.45) is 3.51. The summed E-state index contributed by atoms with van der Waals surface area (Å²) in [7, 11) is 0. The second kappa shape index (κ2) is 5.81. The number of allylic oxidation sites excluding steroid dienone is 2. The van der Waals surface area contributed by atoms with E-state index in [9.17, 15) is 9.90 Å². The van der Waals surface area contributed by atoms with E-state index < -0.39 is 0 Å². The average molecular weight is 170 g/mol. The number of hydrogen-bond acceptors (Lipinski definition) is 2. The number of rotatable bonds is 1. The molecule has 0 unspecified atom stereocenters. The molecule has 0 aromatic heterocycles. The number of Topliss-reactive ketones (excluding diaryl/α,β-unsaturated/α-hetero) is 1. The molecular weight excluding hydrogens is 152 g/mol. The summed E-state index contributed by atoms with van der Waals surface area (Å²) in [5.41, 5.74) is 0.645. The third kappa shape index (κ3) is 3.07. The first-order valence-electron chi connectivity index (χ1n) is 4.63. The van der Waals surface area contributed by atoms with Crippen LogP contribution in [0.5, 0.6) is 0 Å². The maximum atomic E-state index is 10.8. The van der Waals surface area contributed by atoms with Crippen LogP contribution >= 0.6 is 0 Å². The Bertz CT molecular complexity index is 180. The Balaban J connectivity index is 0.000000561. The van der Waals surface area contributed by atoms with E-state index in [-0.39, 0.29) is 5.78 Å². The molecule has 0 heterocycles. The zero-order valence-corrected chi connectivity index (χ0v) is 8.18. The van der Waals surface area contributed by atoms with Gasteiger partial charge in [0.1, 0.15) is 0 Å². The second-order valence-corrected chi connectivity index (χ2v) is 2.69. The van der Waals surface area contributed by atoms with Crippen molar-refractivity contribution in [2.75, 3.05) is 0 Å². The fraction of sp³-hybridized carbons (Fsp3) is 0.700. The van der Waals surface area contributed by atoms with Crippen molar-refractivity contribution >= 4 is 5.78 Å². The van der Waals surface area contributed by atoms with Crippen molar-refractivity contribution in [3.8, 4) is 0 Å². The minimum Gasteiger partial charge on any atom is -0.512 e. The van der Waals surface area contributed by atoms with Crippen LogP contribution in [0, 0.1) is 0 Å². The van der Waals surface area contributed by atoms with Crippen LogP contribution in [0.15, 0.2) is 11.3 Å². The molecule has 1 aliphatic rings. The van der Waals surface area contributed by atoms with Crippen molar-refractivity contribution in [2.24, 2.45) is 0 Å². The Morgan fingerprint density at radius 1 is 1.25 bits per heavy atom. The molecule has 1 N–H and O–H groups in total. The smallest absolute Gasteiger partial charge is 0.159 e. The van der Waals surface area contributed by atoms with Crippen molar-refractivity contribution < 1.29 is 9.90 Å². The van der Waals surface area contributed by atoms with Gasteiger partial charge in [-0.2, -0.15) is 0 Å². The van der Waals surface area contributed by atoms with Crippen molar-refractivity contribution in [1.29, 1.82) is 0 Å². The summed E-state index contributed by atoms with van der Waals surface area (Å²) < 4.78 is 0. The van der Waals surface area contributed by atoms with Crippen LogP contribution < -0.4 is 0 Å². The SMILES string of the molecule is CC.CC(=O)C1=C(O)CCCC1. The normalized spacial score (nSPS) is 16.6. The van der Waals surface area contributed by atoms with Crippen LogP contribution in [0.2, 0.25) is 0 Å². The lowest BCUT2D eigenvalue weighted by molar-refractivity contribution is -0.114. The van der Waals surface area contributed by atoms with Crippen LogP contribution in [0.25, 0.3) is 0 Å². The van der Waals surface area contributed by atoms with Gasteiger partial charge < -0.3 is 5.11 Å². The van der Waals surface area contributed by atoms with Crippen LogP contribution in [0.1, 0.15) is 46.5 Å². The zero-order chi connectivity index (χ0) is 9.56. The fourth-order valence-corrected chi connectivity index (χ4v) is 1.27. The molecular formula is C10H18O2. The summed E-state index contributed by atoms with van der Waals surface area (Å²) >= 11 is 0. The van der Waals surface area contributed by atoms with Gasteiger partial charge in [0.15, 0.2) is 5.78 Å². The minimum atomic E-state index is 0.0252. The van der Waals surface area contributed by atoms with E-state index in [1.807, 2.05) is 13.8 Å². The van der Waals surface area contributed by atoms with Crippen molar-refractivity contribution in [3.63, 3.8) is 0 Å². The third-order valence-corrected chi connectivity index (χ3v) is 1.86. The average Bonchev–Trinajstić information content (AvgIpc) is 2.08. The topological polar surface area (TPSA) is 37.3 Å². The first-order chi connectivity index (χ1) is 5.72. The highest BCUT2D eigenvalue weighted by Gasteiger charge is 2.14. The van der Waals surface area contributed by atoms with E-state index >= 15 is 0 Å². The van der Waals surface area contributed by atoms with Crippen molar-refractivity contribution in [1.82, 2.24) is 0 Å². The van der Waals surface area contributed by atoms with Crippen LogP contribution in [-0.4, -0.2) is 10.9 Å². The zero-order valence-electron chi connectivity index (χ0n) is 8.18. The predicted molar refractivity (Wildman–Crippen MR) is 50.2 cm³/mol. The van der Waals surface area contributed by atoms with Gasteiger partial charge in [0, 0.05) is 12.0 Å². The number of aliphatic hydroxyl groups excluding tert-OH is 1. The molecule has 0 aliphatic heterocycles. The summed E-state index contributed by atoms with van der Waals surface area (Å²) in [6, 6.07) is 0. The molecule has 0 aromatic carbocycles. The first kappa shape index (κ1) is 11.2. The van der Waals surface area contributed by atoms with E-state index in [0.29, 0.717) is 17.8 Å². The number of ketones is 1. The van der Waals surface area contributed by atoms with Gasteiger partial charge >= 0.3 is 0 Å². The van der Waals surface area contributed by atoms with Crippen LogP contribution in [-0.2, 0) is 4.79 Å². The van der Waals surface area contributed by atoms with Crippen molar-refractivity contribution in [3.05, 3.63) is 11.3 Å². The molecule has 2 heteroatoms. The standard InChI is InChI=1S/C8H12O2.C2H6/c1-6(9)7-4-2-3-5-8(7)10;1-2/h10H,2-5H2,1H3;1-2H3. The first-order valence-corrected chi connectivity index (χ1v) is 4.63. The molecule has 0 atom stereocenters. The third-order valence-electron chi connectivity index (χ3n) is 1.86. The lowest BCUT2D eigenvalue weighted by atomic mass is 9.95. The van der Waals surface area contributed by atoms with Gasteiger partial charge in [0.2, 0.25) is 0 Å². The van der Waals surface area contributed by atoms with Gasteiger partial charge in [0.05, 0.1) is 5.76 Å². The minimum absolute atomic E-state index is 0.0252. The summed E-state index contributed by atoms with van der Waals surface area (Å²) in [5, 5.41) is 9.20. The summed E-state index contributed by atoms with van der Waals surface area (Å²) in [5.74, 6) is 0.343. The molecule has 0 spiro atoms. The molecule has 70 valence electrons. The molecule has 0 saturated heterocycles. The van der Waals surface area contributed by atoms with E-state index in [1.165, 1.54) is 6.92 Å². The van der Waals surface area contributed by atoms with E-state index in [0.717, 1.165) is 19.3 Å². The molecule has 0 saturated carbocycles. The predicted octanol–water partition coefficient (Wildman–Crippen LogP) is 2.99. The summed E-state index contributed by atoms with van der Waals surface area (Å²) in [4.78, 5) is 10.8. The molecule has 2 nitrogen and oxygen atoms in total. The molecule has 1 aliphatic carbocycles. The maximum Gasteiger partial charge on any atom is 0.159 e. The van der Waals surface area contributed by atoms with Crippen LogP contribution in [0.4, 0.5) is 0 Å². The van der Waals surface area contributed by atoms with Crippen molar-refractivity contribution in [2.45, 2.75) is 46.5 Å². The molecule has 0 amide bonds. The van der Waals surface area contributed by atoms with Gasteiger partial charge in [0.25, 0.3) is 0 Å². The Morgan fingerprint density at radius 2 is 1.75 bits per heavy atom. The Morgan fingerprint density at radius 3 is 2.08 bits per heavy atom. The Hall–Kier alpha value is -0.790. The molecule has 0 aromatic rings. The van der Waals surface area contributed by atoms with Gasteiger partial charge in [-0.25, -0.2) is 0 Å². The molecule has 12 heavy (non-hydrogen) atoms. The largest absolute Gasteiger partial charge is 0.512 e. The molecule has 0 bridgehead atoms. The Kier molecular flexibility index (Phi) is 5.43. The number of carbonyl (C=O) groups excluding carboxylic acids is 1. The number of aliphatic hydroxyl groups is 1. The number of hydrogen-bond donors (Lipinski definition) is 1. The van der Waals surface area contributed by atoms with Gasteiger partial charge in [-0.15, -0.1) is 0 Å². The van der Waals surface area contributed by atoms with Gasteiger partial charge in [-0.05, 0) is 26.2 Å². The lowest BCUT2D eigenvalue weighted by Crippen LogP contribution is -2.06. The van der Waals surface area contributed by atoms with E-state index in [2.05, 4.69) is 0 Å². The second-order valence-electron chi connectivity index (χ2n) is 2.69. The van der Waals surface area contributed by atoms with E-state index in [1.54, 1.807) is 0 Å². The summed E-state index contributed by atoms with van der Waals surface area (Å²) in [6.45, 7) is 5.51. The van der Waals surface area contributed by atoms with Gasteiger partial charge in [-0.1, -0.05) is 13.8 Å². The monoisotopic (exact) mass is 170 g/mol.